The monoisotopic (exact) mass is 497 g/mol. The van der Waals surface area contributed by atoms with Gasteiger partial charge in [-0.25, -0.2) is 14.5 Å². The van der Waals surface area contributed by atoms with Crippen LogP contribution in [0.15, 0.2) is 21.5 Å². The van der Waals surface area contributed by atoms with Crippen LogP contribution in [0.1, 0.15) is 5.69 Å². The molecule has 32 heavy (non-hydrogen) atoms. The molecule has 6 N–H and O–H groups in total. The molecular formula is C16H19N9O4S3. The van der Waals surface area contributed by atoms with Gasteiger partial charge in [0.15, 0.2) is 11.2 Å². The lowest BCUT2D eigenvalue weighted by molar-refractivity contribution is -0.160. The van der Waals surface area contributed by atoms with Crippen LogP contribution < -0.4 is 16.8 Å². The Hall–Kier alpha value is -2.69. The maximum atomic E-state index is 12.7. The zero-order valence-electron chi connectivity index (χ0n) is 16.4. The zero-order chi connectivity index (χ0) is 22.8. The van der Waals surface area contributed by atoms with Gasteiger partial charge in [0.25, 0.3) is 0 Å². The number of hydrogen-bond donors (Lipinski definition) is 4. The Morgan fingerprint density at radius 3 is 2.88 bits per heavy atom. The van der Waals surface area contributed by atoms with Crippen LogP contribution in [0.5, 0.6) is 0 Å². The van der Waals surface area contributed by atoms with Gasteiger partial charge in [0.05, 0.1) is 18.7 Å². The normalized spacial score (nSPS) is 22.2. The molecule has 3 atom stereocenters. The maximum Gasteiger partial charge on any atom is 0.330 e. The fourth-order valence-corrected chi connectivity index (χ4v) is 6.13. The van der Waals surface area contributed by atoms with Gasteiger partial charge in [-0.15, -0.1) is 28.2 Å². The second-order valence-electron chi connectivity index (χ2n) is 6.87. The molecule has 0 radical (unpaired) electrons. The van der Waals surface area contributed by atoms with E-state index in [2.05, 4.69) is 25.8 Å². The molecule has 3 unspecified atom stereocenters. The summed E-state index contributed by atoms with van der Waals surface area (Å²) < 4.78 is 1.54. The van der Waals surface area contributed by atoms with Crippen LogP contribution in [0.2, 0.25) is 0 Å². The first-order valence-electron chi connectivity index (χ1n) is 9.36. The van der Waals surface area contributed by atoms with Gasteiger partial charge in [-0.3, -0.25) is 9.59 Å². The van der Waals surface area contributed by atoms with Crippen LogP contribution in [0.3, 0.4) is 0 Å². The number of nitrogen functional groups attached to an aromatic ring is 1. The molecular weight excluding hydrogens is 478 g/mol. The van der Waals surface area contributed by atoms with Crippen molar-refractivity contribution in [3.63, 3.8) is 0 Å². The van der Waals surface area contributed by atoms with Crippen LogP contribution in [0.25, 0.3) is 0 Å². The largest absolute Gasteiger partial charge is 0.479 e. The van der Waals surface area contributed by atoms with E-state index in [0.29, 0.717) is 34.6 Å². The van der Waals surface area contributed by atoms with E-state index in [1.807, 2.05) is 0 Å². The lowest BCUT2D eigenvalue weighted by Gasteiger charge is -2.51. The SMILES string of the molecule is NCCn1nnnc1SCC1=CSC2C(NC(=O)Cc3csc(N)n3)C(=O)N2C1C(=O)O. The van der Waals surface area contributed by atoms with Gasteiger partial charge >= 0.3 is 5.97 Å². The number of carbonyl (C=O) groups is 3. The highest BCUT2D eigenvalue weighted by Gasteiger charge is 2.55. The van der Waals surface area contributed by atoms with E-state index >= 15 is 0 Å². The van der Waals surface area contributed by atoms with Crippen LogP contribution in [-0.2, 0) is 27.3 Å². The van der Waals surface area contributed by atoms with Crippen molar-refractivity contribution in [1.29, 1.82) is 0 Å². The fourth-order valence-electron chi connectivity index (χ4n) is 3.33. The molecule has 0 spiro atoms. The minimum absolute atomic E-state index is 0.00747. The molecule has 16 heteroatoms. The maximum absolute atomic E-state index is 12.7. The lowest BCUT2D eigenvalue weighted by Crippen LogP contribution is -2.74. The number of hydrogen-bond acceptors (Lipinski definition) is 12. The number of carboxylic acids is 1. The quantitative estimate of drug-likeness (QED) is 0.237. The average molecular weight is 498 g/mol. The van der Waals surface area contributed by atoms with Gasteiger partial charge in [0.1, 0.15) is 11.4 Å². The van der Waals surface area contributed by atoms with Crippen LogP contribution in [-0.4, -0.2) is 82.7 Å². The molecule has 0 bridgehead atoms. The van der Waals surface area contributed by atoms with Gasteiger partial charge in [0.2, 0.25) is 17.0 Å². The predicted octanol–water partition coefficient (Wildman–Crippen LogP) is -1.26. The molecule has 2 amide bonds. The van der Waals surface area contributed by atoms with Gasteiger partial charge < -0.3 is 26.8 Å². The molecule has 4 rings (SSSR count). The second-order valence-corrected chi connectivity index (χ2v) is 9.69. The number of amides is 2. The summed E-state index contributed by atoms with van der Waals surface area (Å²) in [6.45, 7) is 0.800. The van der Waals surface area contributed by atoms with E-state index in [-0.39, 0.29) is 18.1 Å². The topological polar surface area (TPSA) is 195 Å². The number of aromatic nitrogens is 5. The molecule has 2 aliphatic heterocycles. The number of nitrogens with zero attached hydrogens (tertiary/aromatic N) is 6. The van der Waals surface area contributed by atoms with Gasteiger partial charge in [-0.1, -0.05) is 11.8 Å². The number of thiazole rings is 1. The molecule has 170 valence electrons. The summed E-state index contributed by atoms with van der Waals surface area (Å²) in [7, 11) is 0. The molecule has 13 nitrogen and oxygen atoms in total. The molecule has 4 heterocycles. The number of anilines is 1. The van der Waals surface area contributed by atoms with Gasteiger partial charge in [-0.2, -0.15) is 0 Å². The number of aliphatic carboxylic acids is 1. The number of carbonyl (C=O) groups excluding carboxylic acids is 2. The van der Waals surface area contributed by atoms with Crippen molar-refractivity contribution in [1.82, 2.24) is 35.4 Å². The van der Waals surface area contributed by atoms with Crippen molar-refractivity contribution in [3.8, 4) is 0 Å². The van der Waals surface area contributed by atoms with E-state index in [1.165, 1.54) is 44.4 Å². The highest BCUT2D eigenvalue weighted by Crippen LogP contribution is 2.41. The van der Waals surface area contributed by atoms with E-state index in [0.717, 1.165) is 0 Å². The summed E-state index contributed by atoms with van der Waals surface area (Å²) in [5.41, 5.74) is 12.2. The number of tetrazole rings is 1. The summed E-state index contributed by atoms with van der Waals surface area (Å²) in [5, 5.41) is 27.6. The lowest BCUT2D eigenvalue weighted by atomic mass is 9.98. The minimum atomic E-state index is -1.14. The van der Waals surface area contributed by atoms with E-state index in [1.54, 1.807) is 10.8 Å². The standard InChI is InChI=1S/C16H19N9O4S3/c17-1-2-24-16(21-22-23-24)32-5-7-4-30-13-10(12(27)25(13)11(7)14(28)29)20-9(26)3-8-6-31-15(18)19-8/h4,6,10-11,13H,1-3,5,17H2,(H2,18,19)(H,20,26)(H,28,29). The summed E-state index contributed by atoms with van der Waals surface area (Å²) in [5.74, 6) is -1.67. The molecule has 0 aliphatic carbocycles. The molecule has 2 aromatic heterocycles. The third kappa shape index (κ3) is 4.43. The Bertz CT molecular complexity index is 1070. The Balaban J connectivity index is 1.41. The first kappa shape index (κ1) is 22.5. The third-order valence-electron chi connectivity index (χ3n) is 4.74. The van der Waals surface area contributed by atoms with E-state index in [9.17, 15) is 19.5 Å². The number of nitrogens with one attached hydrogen (secondary N) is 1. The summed E-state index contributed by atoms with van der Waals surface area (Å²) in [6, 6.07) is -1.92. The van der Waals surface area contributed by atoms with Crippen molar-refractivity contribution in [2.24, 2.45) is 5.73 Å². The summed E-state index contributed by atoms with van der Waals surface area (Å²) in [4.78, 5) is 42.3. The van der Waals surface area contributed by atoms with Gasteiger partial charge in [0, 0.05) is 17.7 Å². The Labute approximate surface area is 194 Å². The number of carboxylic acid groups (broad SMARTS) is 1. The summed E-state index contributed by atoms with van der Waals surface area (Å²) in [6.07, 6.45) is -0.00747. The van der Waals surface area contributed by atoms with Crippen molar-refractivity contribution >= 4 is 57.8 Å². The van der Waals surface area contributed by atoms with E-state index in [4.69, 9.17) is 11.5 Å². The van der Waals surface area contributed by atoms with E-state index < -0.39 is 29.3 Å². The number of nitrogens with two attached hydrogens (primary N) is 2. The van der Waals surface area contributed by atoms with Crippen LogP contribution >= 0.6 is 34.9 Å². The predicted molar refractivity (Wildman–Crippen MR) is 117 cm³/mol. The van der Waals surface area contributed by atoms with Crippen molar-refractivity contribution in [3.05, 3.63) is 22.1 Å². The third-order valence-corrected chi connectivity index (χ3v) is 7.71. The first-order chi connectivity index (χ1) is 15.4. The molecule has 1 saturated heterocycles. The number of rotatable bonds is 9. The molecule has 2 aromatic rings. The van der Waals surface area contributed by atoms with Crippen molar-refractivity contribution in [2.45, 2.75) is 35.6 Å². The number of fused-ring (bicyclic) bond motifs is 1. The molecule has 0 aromatic carbocycles. The molecule has 0 saturated carbocycles. The molecule has 2 aliphatic rings. The first-order valence-corrected chi connectivity index (χ1v) is 12.2. The van der Waals surface area contributed by atoms with Crippen LogP contribution in [0.4, 0.5) is 5.13 Å². The highest BCUT2D eigenvalue weighted by atomic mass is 32.2. The smallest absolute Gasteiger partial charge is 0.330 e. The fraction of sp³-hybridized carbons (Fsp3) is 0.438. The Morgan fingerprint density at radius 1 is 1.38 bits per heavy atom. The van der Waals surface area contributed by atoms with Crippen LogP contribution in [0, 0.1) is 0 Å². The zero-order valence-corrected chi connectivity index (χ0v) is 18.9. The average Bonchev–Trinajstić information content (AvgIpc) is 3.38. The number of β-lactam (4-membered cyclic amide) rings is 1. The number of thioether (sulfide) groups is 2. The minimum Gasteiger partial charge on any atom is -0.479 e. The van der Waals surface area contributed by atoms with Crippen molar-refractivity contribution < 1.29 is 19.5 Å². The molecule has 1 fully saturated rings. The van der Waals surface area contributed by atoms with Gasteiger partial charge in [-0.05, 0) is 21.4 Å². The Kier molecular flexibility index (Phi) is 6.63. The van der Waals surface area contributed by atoms with Crippen molar-refractivity contribution in [2.75, 3.05) is 18.0 Å². The highest BCUT2D eigenvalue weighted by molar-refractivity contribution is 8.03. The Morgan fingerprint density at radius 2 is 2.19 bits per heavy atom. The summed E-state index contributed by atoms with van der Waals surface area (Å²) >= 11 is 3.79. The second kappa shape index (κ2) is 9.43.